The Kier molecular flexibility index (Phi) is 10.4. The number of rotatable bonds is 12. The van der Waals surface area contributed by atoms with Crippen LogP contribution in [0.5, 0.6) is 5.75 Å². The Morgan fingerprint density at radius 3 is 2.12 bits per heavy atom. The third kappa shape index (κ3) is 7.74. The highest BCUT2D eigenvalue weighted by molar-refractivity contribution is 7.92. The number of anilines is 1. The van der Waals surface area contributed by atoms with Gasteiger partial charge in [0.2, 0.25) is 11.8 Å². The van der Waals surface area contributed by atoms with Crippen LogP contribution in [0.15, 0.2) is 108 Å². The minimum absolute atomic E-state index is 0.00947. The number of hydrogen-bond acceptors (Lipinski definition) is 5. The molecule has 0 aliphatic heterocycles. The summed E-state index contributed by atoms with van der Waals surface area (Å²) < 4.78 is 34.4. The molecule has 0 fully saturated rings. The van der Waals surface area contributed by atoms with Gasteiger partial charge in [0, 0.05) is 25.0 Å². The van der Waals surface area contributed by atoms with Crippen LogP contribution >= 0.6 is 11.6 Å². The highest BCUT2D eigenvalue weighted by atomic mass is 35.5. The van der Waals surface area contributed by atoms with Crippen LogP contribution in [0.2, 0.25) is 5.02 Å². The number of carbonyl (C=O) groups excluding carboxylic acids is 2. The van der Waals surface area contributed by atoms with Crippen LogP contribution in [0, 0.1) is 6.92 Å². The van der Waals surface area contributed by atoms with E-state index < -0.39 is 28.5 Å². The van der Waals surface area contributed by atoms with E-state index in [1.165, 1.54) is 31.2 Å². The zero-order chi connectivity index (χ0) is 31.0. The van der Waals surface area contributed by atoms with Crippen LogP contribution in [0.1, 0.15) is 16.7 Å². The lowest BCUT2D eigenvalue weighted by Gasteiger charge is -2.33. The van der Waals surface area contributed by atoms with Crippen LogP contribution in [-0.4, -0.2) is 51.9 Å². The lowest BCUT2D eigenvalue weighted by Crippen LogP contribution is -2.53. The molecule has 224 valence electrons. The van der Waals surface area contributed by atoms with Crippen LogP contribution < -0.4 is 14.4 Å². The summed E-state index contributed by atoms with van der Waals surface area (Å²) in [5.41, 5.74) is 2.63. The van der Waals surface area contributed by atoms with Crippen molar-refractivity contribution in [3.8, 4) is 5.75 Å². The molecule has 1 N–H and O–H groups in total. The number of aryl methyl sites for hydroxylation is 1. The van der Waals surface area contributed by atoms with Crippen LogP contribution in [0.4, 0.5) is 5.69 Å². The van der Waals surface area contributed by atoms with Gasteiger partial charge in [-0.25, -0.2) is 8.42 Å². The summed E-state index contributed by atoms with van der Waals surface area (Å²) in [6.07, 6.45) is 0.212. The molecule has 0 spiro atoms. The molecule has 0 aromatic heterocycles. The molecule has 2 amide bonds. The summed E-state index contributed by atoms with van der Waals surface area (Å²) >= 11 is 6.49. The number of nitrogens with zero attached hydrogens (tertiary/aromatic N) is 2. The van der Waals surface area contributed by atoms with Gasteiger partial charge in [0.05, 0.1) is 17.7 Å². The van der Waals surface area contributed by atoms with Crippen molar-refractivity contribution in [2.75, 3.05) is 25.0 Å². The second kappa shape index (κ2) is 14.2. The van der Waals surface area contributed by atoms with E-state index in [-0.39, 0.29) is 29.5 Å². The molecular formula is C33H34ClN3O5S. The summed E-state index contributed by atoms with van der Waals surface area (Å²) in [4.78, 5) is 29.1. The summed E-state index contributed by atoms with van der Waals surface area (Å²) in [6, 6.07) is 28.3. The molecule has 4 rings (SSSR count). The van der Waals surface area contributed by atoms with Gasteiger partial charge in [0.1, 0.15) is 18.3 Å². The smallest absolute Gasteiger partial charge is 0.264 e. The molecule has 4 aromatic rings. The number of hydrogen-bond donors (Lipinski definition) is 1. The van der Waals surface area contributed by atoms with Gasteiger partial charge in [0.25, 0.3) is 10.0 Å². The predicted molar refractivity (Wildman–Crippen MR) is 169 cm³/mol. The normalized spacial score (nSPS) is 11.8. The van der Waals surface area contributed by atoms with Crippen LogP contribution in [0.3, 0.4) is 0 Å². The molecule has 0 saturated heterocycles. The van der Waals surface area contributed by atoms with E-state index in [0.29, 0.717) is 16.3 Å². The molecule has 0 heterocycles. The maximum absolute atomic E-state index is 14.3. The number of amides is 2. The number of likely N-dealkylation sites (N-methyl/N-ethyl adjacent to an activating group) is 1. The van der Waals surface area contributed by atoms with Crippen LogP contribution in [-0.2, 0) is 32.6 Å². The Hall–Kier alpha value is -4.34. The molecule has 0 aliphatic carbocycles. The van der Waals surface area contributed by atoms with Gasteiger partial charge in [0.15, 0.2) is 0 Å². The number of halogens is 1. The number of methoxy groups -OCH3 is 1. The molecule has 1 unspecified atom stereocenters. The van der Waals surface area contributed by atoms with Gasteiger partial charge >= 0.3 is 0 Å². The number of benzene rings is 4. The van der Waals surface area contributed by atoms with Gasteiger partial charge in [-0.2, -0.15) is 0 Å². The van der Waals surface area contributed by atoms with Crippen molar-refractivity contribution in [3.63, 3.8) is 0 Å². The second-order valence-corrected chi connectivity index (χ2v) is 12.2. The minimum atomic E-state index is -4.19. The van der Waals surface area contributed by atoms with Gasteiger partial charge in [-0.3, -0.25) is 13.9 Å². The molecule has 10 heteroatoms. The standard InChI is InChI=1S/C33H34ClN3O5S/c1-24-13-19-29(20-14-24)43(40,41)37(27-15-17-28(42-3)18-16-27)23-32(38)36(22-26-11-7-8-12-30(26)34)31(33(39)35-2)21-25-9-5-4-6-10-25/h4-20,31H,21-23H2,1-3H3,(H,35,39). The van der Waals surface area contributed by atoms with E-state index in [2.05, 4.69) is 5.32 Å². The van der Waals surface area contributed by atoms with E-state index in [4.69, 9.17) is 16.3 Å². The van der Waals surface area contributed by atoms with Gasteiger partial charge in [-0.05, 0) is 60.5 Å². The molecule has 0 aliphatic rings. The molecule has 1 atom stereocenters. The maximum atomic E-state index is 14.3. The topological polar surface area (TPSA) is 96.0 Å². The lowest BCUT2D eigenvalue weighted by atomic mass is 10.0. The van der Waals surface area contributed by atoms with Crippen LogP contribution in [0.25, 0.3) is 0 Å². The highest BCUT2D eigenvalue weighted by Gasteiger charge is 2.34. The fraction of sp³-hybridized carbons (Fsp3) is 0.212. The van der Waals surface area contributed by atoms with Gasteiger partial charge < -0.3 is 15.0 Å². The zero-order valence-electron chi connectivity index (χ0n) is 24.2. The van der Waals surface area contributed by atoms with E-state index in [1.807, 2.05) is 37.3 Å². The lowest BCUT2D eigenvalue weighted by molar-refractivity contribution is -0.139. The Morgan fingerprint density at radius 2 is 1.51 bits per heavy atom. The Labute approximate surface area is 257 Å². The Balaban J connectivity index is 1.79. The molecule has 8 nitrogen and oxygen atoms in total. The van der Waals surface area contributed by atoms with E-state index >= 15 is 0 Å². The first-order valence-electron chi connectivity index (χ1n) is 13.7. The third-order valence-corrected chi connectivity index (χ3v) is 9.22. The van der Waals surface area contributed by atoms with Crippen molar-refractivity contribution in [1.29, 1.82) is 0 Å². The van der Waals surface area contributed by atoms with Crippen molar-refractivity contribution in [2.24, 2.45) is 0 Å². The molecule has 0 saturated carbocycles. The average Bonchev–Trinajstić information content (AvgIpc) is 3.02. The fourth-order valence-electron chi connectivity index (χ4n) is 4.65. The summed E-state index contributed by atoms with van der Waals surface area (Å²) in [6.45, 7) is 1.29. The largest absolute Gasteiger partial charge is 0.497 e. The summed E-state index contributed by atoms with van der Waals surface area (Å²) in [7, 11) is -1.18. The number of sulfonamides is 1. The van der Waals surface area contributed by atoms with Crippen molar-refractivity contribution in [1.82, 2.24) is 10.2 Å². The highest BCUT2D eigenvalue weighted by Crippen LogP contribution is 2.27. The third-order valence-electron chi connectivity index (χ3n) is 7.06. The number of ether oxygens (including phenoxy) is 1. The zero-order valence-corrected chi connectivity index (χ0v) is 25.8. The first-order chi connectivity index (χ1) is 20.6. The van der Waals surface area contributed by atoms with E-state index in [0.717, 1.165) is 15.4 Å². The van der Waals surface area contributed by atoms with Crippen molar-refractivity contribution < 1.29 is 22.7 Å². The summed E-state index contributed by atoms with van der Waals surface area (Å²) in [5, 5.41) is 3.09. The van der Waals surface area contributed by atoms with Crippen molar-refractivity contribution in [2.45, 2.75) is 30.8 Å². The predicted octanol–water partition coefficient (Wildman–Crippen LogP) is 5.24. The molecule has 0 bridgehead atoms. The Morgan fingerprint density at radius 1 is 0.884 bits per heavy atom. The van der Waals surface area contributed by atoms with E-state index in [9.17, 15) is 18.0 Å². The maximum Gasteiger partial charge on any atom is 0.264 e. The van der Waals surface area contributed by atoms with Gasteiger partial charge in [-0.15, -0.1) is 0 Å². The van der Waals surface area contributed by atoms with Crippen molar-refractivity contribution >= 4 is 39.1 Å². The quantitative estimate of drug-likeness (QED) is 0.234. The number of carbonyl (C=O) groups is 2. The Bertz CT molecular complexity index is 1650. The first kappa shape index (κ1) is 31.6. The van der Waals surface area contributed by atoms with Gasteiger partial charge in [-0.1, -0.05) is 77.8 Å². The fourth-order valence-corrected chi connectivity index (χ4v) is 6.26. The SMILES string of the molecule is CNC(=O)C(Cc1ccccc1)N(Cc1ccccc1Cl)C(=O)CN(c1ccc(OC)cc1)S(=O)(=O)c1ccc(C)cc1. The summed E-state index contributed by atoms with van der Waals surface area (Å²) in [5.74, 6) is -0.428. The molecule has 43 heavy (non-hydrogen) atoms. The van der Waals surface area contributed by atoms with E-state index in [1.54, 1.807) is 60.7 Å². The van der Waals surface area contributed by atoms with Crippen molar-refractivity contribution in [3.05, 3.63) is 125 Å². The monoisotopic (exact) mass is 619 g/mol. The first-order valence-corrected chi connectivity index (χ1v) is 15.5. The molecule has 4 aromatic carbocycles. The molecule has 0 radical (unpaired) electrons. The molecular weight excluding hydrogens is 586 g/mol. The minimum Gasteiger partial charge on any atom is -0.497 e. The second-order valence-electron chi connectivity index (χ2n) is 9.96. The number of nitrogens with one attached hydrogen (secondary N) is 1. The average molecular weight is 620 g/mol.